The van der Waals surface area contributed by atoms with Crippen molar-refractivity contribution < 1.29 is 0 Å². The molecule has 0 bridgehead atoms. The Morgan fingerprint density at radius 2 is 2.09 bits per heavy atom. The Balaban J connectivity index is 1.62. The van der Waals surface area contributed by atoms with Crippen LogP contribution in [0.25, 0.3) is 10.2 Å². The largest absolute Gasteiger partial charge is 0.382 e. The van der Waals surface area contributed by atoms with Crippen LogP contribution in [0.1, 0.15) is 49.4 Å². The molecule has 1 aliphatic rings. The number of benzene rings is 1. The van der Waals surface area contributed by atoms with Gasteiger partial charge >= 0.3 is 0 Å². The lowest BCUT2D eigenvalue weighted by Gasteiger charge is -2.15. The van der Waals surface area contributed by atoms with Crippen LogP contribution in [0.2, 0.25) is 0 Å². The van der Waals surface area contributed by atoms with Crippen LogP contribution >= 0.6 is 11.3 Å². The van der Waals surface area contributed by atoms with E-state index in [4.69, 9.17) is 4.98 Å². The molecule has 0 unspecified atom stereocenters. The van der Waals surface area contributed by atoms with Crippen LogP contribution in [-0.4, -0.2) is 16.0 Å². The van der Waals surface area contributed by atoms with Crippen LogP contribution in [0.3, 0.4) is 0 Å². The van der Waals surface area contributed by atoms with Crippen molar-refractivity contribution in [2.45, 2.75) is 45.1 Å². The van der Waals surface area contributed by atoms with Crippen LogP contribution < -0.4 is 5.32 Å². The number of aromatic nitrogens is 2. The van der Waals surface area contributed by atoms with Gasteiger partial charge in [-0.15, -0.1) is 11.3 Å². The molecule has 23 heavy (non-hydrogen) atoms. The Morgan fingerprint density at radius 1 is 1.22 bits per heavy atom. The maximum Gasteiger partial charge on any atom is 0.0812 e. The van der Waals surface area contributed by atoms with Gasteiger partial charge in [-0.25, -0.2) is 4.98 Å². The molecule has 3 nitrogen and oxygen atoms in total. The number of pyridine rings is 1. The first-order valence-electron chi connectivity index (χ1n) is 8.26. The van der Waals surface area contributed by atoms with Gasteiger partial charge in [0.05, 0.1) is 15.7 Å². The molecule has 3 aromatic rings. The lowest BCUT2D eigenvalue weighted by Crippen LogP contribution is -2.07. The highest BCUT2D eigenvalue weighted by molar-refractivity contribution is 7.16. The molecule has 2 aromatic heterocycles. The first kappa shape index (κ1) is 14.6. The molecule has 0 radical (unpaired) electrons. The Hall–Kier alpha value is -1.94. The maximum absolute atomic E-state index is 4.70. The minimum atomic E-state index is 0.492. The number of fused-ring (bicyclic) bond motifs is 1. The quantitative estimate of drug-likeness (QED) is 0.719. The van der Waals surface area contributed by atoms with Crippen molar-refractivity contribution in [2.75, 3.05) is 5.32 Å². The van der Waals surface area contributed by atoms with E-state index in [9.17, 15) is 0 Å². The predicted molar refractivity (Wildman–Crippen MR) is 97.4 cm³/mol. The minimum absolute atomic E-state index is 0.492. The molecule has 1 fully saturated rings. The molecule has 0 spiro atoms. The van der Waals surface area contributed by atoms with E-state index < -0.39 is 0 Å². The Morgan fingerprint density at radius 3 is 2.87 bits per heavy atom. The third-order valence-corrected chi connectivity index (χ3v) is 5.12. The van der Waals surface area contributed by atoms with Gasteiger partial charge in [0, 0.05) is 30.0 Å². The first-order valence-corrected chi connectivity index (χ1v) is 9.14. The lowest BCUT2D eigenvalue weighted by atomic mass is 10.0. The van der Waals surface area contributed by atoms with Gasteiger partial charge in [0.1, 0.15) is 0 Å². The predicted octanol–water partition coefficient (Wildman–Crippen LogP) is 4.98. The second-order valence-electron chi connectivity index (χ2n) is 6.67. The van der Waals surface area contributed by atoms with Crippen LogP contribution in [0.4, 0.5) is 5.69 Å². The first-order chi connectivity index (χ1) is 11.2. The Bertz CT molecular complexity index is 834. The lowest BCUT2D eigenvalue weighted by molar-refractivity contribution is 0.851. The number of hydrogen-bond donors (Lipinski definition) is 1. The SMILES string of the molecule is CC(C)c1cnc(Cc2ccc3ncsc3c2)cc1NC1CC1. The van der Waals surface area contributed by atoms with Gasteiger partial charge < -0.3 is 5.32 Å². The van der Waals surface area contributed by atoms with Crippen molar-refractivity contribution in [1.82, 2.24) is 9.97 Å². The van der Waals surface area contributed by atoms with Crippen LogP contribution in [0, 0.1) is 0 Å². The van der Waals surface area contributed by atoms with E-state index in [2.05, 4.69) is 54.6 Å². The number of nitrogens with one attached hydrogen (secondary N) is 1. The summed E-state index contributed by atoms with van der Waals surface area (Å²) in [5, 5.41) is 3.67. The molecule has 1 aliphatic carbocycles. The Kier molecular flexibility index (Phi) is 3.77. The number of nitrogens with zero attached hydrogens (tertiary/aromatic N) is 2. The molecule has 0 aliphatic heterocycles. The van der Waals surface area contributed by atoms with E-state index >= 15 is 0 Å². The van der Waals surface area contributed by atoms with Crippen LogP contribution in [0.15, 0.2) is 36.0 Å². The summed E-state index contributed by atoms with van der Waals surface area (Å²) in [6.07, 6.45) is 5.50. The van der Waals surface area contributed by atoms with E-state index in [-0.39, 0.29) is 0 Å². The summed E-state index contributed by atoms with van der Waals surface area (Å²) in [5.41, 5.74) is 8.00. The maximum atomic E-state index is 4.70. The summed E-state index contributed by atoms with van der Waals surface area (Å²) in [6, 6.07) is 9.40. The van der Waals surface area contributed by atoms with Crippen molar-refractivity contribution in [3.63, 3.8) is 0 Å². The van der Waals surface area contributed by atoms with Gasteiger partial charge in [0.15, 0.2) is 0 Å². The van der Waals surface area contributed by atoms with Crippen molar-refractivity contribution in [3.8, 4) is 0 Å². The van der Waals surface area contributed by atoms with Gasteiger partial charge in [-0.2, -0.15) is 0 Å². The summed E-state index contributed by atoms with van der Waals surface area (Å²) < 4.78 is 1.25. The third kappa shape index (κ3) is 3.22. The highest BCUT2D eigenvalue weighted by Crippen LogP contribution is 2.31. The molecular weight excluding hydrogens is 302 g/mol. The minimum Gasteiger partial charge on any atom is -0.382 e. The van der Waals surface area contributed by atoms with Crippen molar-refractivity contribution in [2.24, 2.45) is 0 Å². The topological polar surface area (TPSA) is 37.8 Å². The zero-order chi connectivity index (χ0) is 15.8. The van der Waals surface area contributed by atoms with Crippen LogP contribution in [0.5, 0.6) is 0 Å². The molecule has 0 saturated heterocycles. The molecule has 0 amide bonds. The Labute approximate surface area is 140 Å². The number of anilines is 1. The molecule has 4 rings (SSSR count). The highest BCUT2D eigenvalue weighted by atomic mass is 32.1. The molecule has 4 heteroatoms. The molecule has 118 valence electrons. The van der Waals surface area contributed by atoms with E-state index in [1.54, 1.807) is 11.3 Å². The smallest absolute Gasteiger partial charge is 0.0812 e. The molecular formula is C19H21N3S. The van der Waals surface area contributed by atoms with Gasteiger partial charge in [0.2, 0.25) is 0 Å². The summed E-state index contributed by atoms with van der Waals surface area (Å²) in [4.78, 5) is 9.04. The standard InChI is InChI=1S/C19H21N3S/c1-12(2)16-10-20-15(9-18(16)22-14-4-5-14)7-13-3-6-17-19(8-13)23-11-21-17/h3,6,8-12,14H,4-5,7H2,1-2H3,(H,20,22). The van der Waals surface area contributed by atoms with Crippen molar-refractivity contribution >= 4 is 27.2 Å². The second kappa shape index (κ2) is 5.93. The molecule has 0 atom stereocenters. The summed E-state index contributed by atoms with van der Waals surface area (Å²) in [6.45, 7) is 4.46. The van der Waals surface area contributed by atoms with Gasteiger partial charge in [-0.3, -0.25) is 4.98 Å². The fourth-order valence-corrected chi connectivity index (χ4v) is 3.60. The van der Waals surface area contributed by atoms with Gasteiger partial charge in [-0.05, 0) is 48.1 Å². The molecule has 1 aromatic carbocycles. The normalized spacial score (nSPS) is 14.6. The fourth-order valence-electron chi connectivity index (χ4n) is 2.86. The van der Waals surface area contributed by atoms with Gasteiger partial charge in [-0.1, -0.05) is 19.9 Å². The molecule has 2 heterocycles. The molecule has 1 N–H and O–H groups in total. The van der Waals surface area contributed by atoms with Gasteiger partial charge in [0.25, 0.3) is 0 Å². The highest BCUT2D eigenvalue weighted by Gasteiger charge is 2.22. The van der Waals surface area contributed by atoms with Crippen molar-refractivity contribution in [1.29, 1.82) is 0 Å². The van der Waals surface area contributed by atoms with E-state index in [0.717, 1.165) is 17.6 Å². The van der Waals surface area contributed by atoms with E-state index in [0.29, 0.717) is 12.0 Å². The summed E-state index contributed by atoms with van der Waals surface area (Å²) >= 11 is 1.69. The third-order valence-electron chi connectivity index (χ3n) is 4.33. The second-order valence-corrected chi connectivity index (χ2v) is 7.55. The number of hydrogen-bond acceptors (Lipinski definition) is 4. The van der Waals surface area contributed by atoms with Crippen molar-refractivity contribution in [3.05, 3.63) is 52.8 Å². The summed E-state index contributed by atoms with van der Waals surface area (Å²) in [7, 11) is 0. The fraction of sp³-hybridized carbons (Fsp3) is 0.368. The zero-order valence-electron chi connectivity index (χ0n) is 13.5. The van der Waals surface area contributed by atoms with E-state index in [1.807, 2.05) is 5.51 Å². The molecule has 1 saturated carbocycles. The zero-order valence-corrected chi connectivity index (χ0v) is 14.4. The summed E-state index contributed by atoms with van der Waals surface area (Å²) in [5.74, 6) is 0.492. The number of thiazole rings is 1. The van der Waals surface area contributed by atoms with Crippen LogP contribution in [-0.2, 0) is 6.42 Å². The monoisotopic (exact) mass is 323 g/mol. The van der Waals surface area contributed by atoms with E-state index in [1.165, 1.54) is 34.4 Å². The average Bonchev–Trinajstić information content (AvgIpc) is 3.22. The number of rotatable bonds is 5. The average molecular weight is 323 g/mol.